The molecule has 0 aromatic rings. The first-order valence-corrected chi connectivity index (χ1v) is 5.43. The minimum absolute atomic E-state index is 0.133. The molecule has 0 bridgehead atoms. The Morgan fingerprint density at radius 1 is 1.69 bits per heavy atom. The van der Waals surface area contributed by atoms with E-state index >= 15 is 0 Å². The molecule has 0 radical (unpaired) electrons. The molecule has 0 rings (SSSR count). The second-order valence-electron chi connectivity index (χ2n) is 2.66. The zero-order valence-electron chi connectivity index (χ0n) is 7.78. The second-order valence-corrected chi connectivity index (χ2v) is 3.63. The molecule has 1 atom stereocenters. The summed E-state index contributed by atoms with van der Waals surface area (Å²) < 4.78 is 23.4. The van der Waals surface area contributed by atoms with Gasteiger partial charge in [0.1, 0.15) is 0 Å². The molecule has 0 aromatic carbocycles. The molecule has 1 N–H and O–H groups in total. The van der Waals surface area contributed by atoms with Crippen molar-refractivity contribution in [3.8, 4) is 0 Å². The van der Waals surface area contributed by atoms with Crippen LogP contribution in [0.3, 0.4) is 0 Å². The summed E-state index contributed by atoms with van der Waals surface area (Å²) in [5.74, 6) is 0. The number of hydrogen-bond acceptors (Lipinski definition) is 3. The fourth-order valence-corrected chi connectivity index (χ4v) is 1.90. The summed E-state index contributed by atoms with van der Waals surface area (Å²) in [6, 6.07) is 0. The molecule has 0 aromatic heterocycles. The maximum Gasteiger partial charge on any atom is 0.358 e. The lowest BCUT2D eigenvalue weighted by Gasteiger charge is -2.26. The van der Waals surface area contributed by atoms with Crippen LogP contribution in [-0.2, 0) is 15.5 Å². The predicted octanol–water partition coefficient (Wildman–Crippen LogP) is 2.46. The van der Waals surface area contributed by atoms with Gasteiger partial charge in [0.05, 0.1) is 5.41 Å². The highest BCUT2D eigenvalue weighted by molar-refractivity contribution is 7.82. The Morgan fingerprint density at radius 3 is 2.38 bits per heavy atom. The van der Waals surface area contributed by atoms with Crippen molar-refractivity contribution < 1.29 is 12.9 Å². The minimum Gasteiger partial charge on any atom is -0.372 e. The summed E-state index contributed by atoms with van der Waals surface area (Å²) >= 11 is 2.58. The summed E-state index contributed by atoms with van der Waals surface area (Å²) in [6.07, 6.45) is 3.09. The van der Waals surface area contributed by atoms with Crippen LogP contribution in [-0.4, -0.2) is 13.8 Å². The zero-order chi connectivity index (χ0) is 10.5. The van der Waals surface area contributed by atoms with Gasteiger partial charge in [0.15, 0.2) is 5.05 Å². The maximum atomic E-state index is 10.4. The van der Waals surface area contributed by atoms with E-state index in [9.17, 15) is 4.21 Å². The summed E-state index contributed by atoms with van der Waals surface area (Å²) in [7, 11) is 0. The monoisotopic (exact) mass is 222 g/mol. The predicted molar refractivity (Wildman–Crippen MR) is 57.7 cm³/mol. The van der Waals surface area contributed by atoms with E-state index in [0.29, 0.717) is 12.8 Å². The summed E-state index contributed by atoms with van der Waals surface area (Å²) in [6.45, 7) is 7.52. The van der Waals surface area contributed by atoms with Gasteiger partial charge in [0.2, 0.25) is 0 Å². The van der Waals surface area contributed by atoms with Gasteiger partial charge in [-0.1, -0.05) is 19.9 Å². The lowest BCUT2D eigenvalue weighted by molar-refractivity contribution is 0.391. The van der Waals surface area contributed by atoms with Crippen LogP contribution in [0, 0.1) is 5.41 Å². The van der Waals surface area contributed by atoms with E-state index in [0.717, 1.165) is 0 Å². The van der Waals surface area contributed by atoms with E-state index in [1.54, 1.807) is 6.08 Å². The lowest BCUT2D eigenvalue weighted by atomic mass is 9.83. The fourth-order valence-electron chi connectivity index (χ4n) is 1.06. The smallest absolute Gasteiger partial charge is 0.358 e. The molecule has 0 spiro atoms. The van der Waals surface area contributed by atoms with Crippen molar-refractivity contribution in [2.75, 3.05) is 0 Å². The van der Waals surface area contributed by atoms with Gasteiger partial charge in [-0.05, 0) is 25.1 Å². The molecule has 3 nitrogen and oxygen atoms in total. The van der Waals surface area contributed by atoms with Gasteiger partial charge in [-0.2, -0.15) is 4.21 Å². The van der Waals surface area contributed by atoms with Gasteiger partial charge < -0.3 is 4.18 Å². The van der Waals surface area contributed by atoms with Gasteiger partial charge >= 0.3 is 11.4 Å². The molecule has 0 saturated carbocycles. The van der Waals surface area contributed by atoms with Crippen molar-refractivity contribution in [3.05, 3.63) is 12.7 Å². The van der Waals surface area contributed by atoms with Crippen molar-refractivity contribution in [2.24, 2.45) is 5.41 Å². The van der Waals surface area contributed by atoms with Gasteiger partial charge in [0.25, 0.3) is 0 Å². The van der Waals surface area contributed by atoms with E-state index in [4.69, 9.17) is 16.8 Å². The first-order chi connectivity index (χ1) is 6.02. The van der Waals surface area contributed by atoms with Crippen LogP contribution in [0.2, 0.25) is 0 Å². The van der Waals surface area contributed by atoms with E-state index in [-0.39, 0.29) is 5.05 Å². The molecule has 0 aliphatic heterocycles. The van der Waals surface area contributed by atoms with Crippen molar-refractivity contribution >= 4 is 28.6 Å². The fraction of sp³-hybridized carbons (Fsp3) is 0.625. The lowest BCUT2D eigenvalue weighted by Crippen LogP contribution is -2.28. The minimum atomic E-state index is -2.34. The largest absolute Gasteiger partial charge is 0.372 e. The van der Waals surface area contributed by atoms with Gasteiger partial charge in [-0.25, -0.2) is 0 Å². The van der Waals surface area contributed by atoms with Crippen LogP contribution in [0.25, 0.3) is 0 Å². The van der Waals surface area contributed by atoms with E-state index in [1.807, 2.05) is 13.8 Å². The average Bonchev–Trinajstić information content (AvgIpc) is 2.07. The van der Waals surface area contributed by atoms with E-state index in [1.165, 1.54) is 0 Å². The third-order valence-electron chi connectivity index (χ3n) is 2.21. The topological polar surface area (TPSA) is 46.5 Å². The van der Waals surface area contributed by atoms with Crippen LogP contribution in [0.4, 0.5) is 0 Å². The molecule has 13 heavy (non-hydrogen) atoms. The van der Waals surface area contributed by atoms with Crippen LogP contribution in [0.5, 0.6) is 0 Å². The SMILES string of the molecule is C=CC(CC)(CC)C(=S)OS(=O)O. The van der Waals surface area contributed by atoms with Crippen molar-refractivity contribution in [2.45, 2.75) is 26.7 Å². The molecule has 0 aliphatic carbocycles. The molecule has 5 heteroatoms. The number of thiocarbonyl (C=S) groups is 1. The standard InChI is InChI=1S/C8H14O3S2/c1-4-8(5-2,6-3)7(12)11-13(9)10/h4H,1,5-6H2,2-3H3,(H,9,10). The zero-order valence-corrected chi connectivity index (χ0v) is 9.41. The van der Waals surface area contributed by atoms with E-state index < -0.39 is 16.8 Å². The molecule has 0 fully saturated rings. The quantitative estimate of drug-likeness (QED) is 0.441. The first kappa shape index (κ1) is 12.7. The van der Waals surface area contributed by atoms with Crippen LogP contribution in [0.15, 0.2) is 12.7 Å². The van der Waals surface area contributed by atoms with Gasteiger partial charge in [-0.15, -0.1) is 6.58 Å². The Kier molecular flexibility index (Phi) is 5.36. The molecule has 1 unspecified atom stereocenters. The Balaban J connectivity index is 4.63. The molecule has 0 heterocycles. The summed E-state index contributed by atoms with van der Waals surface area (Å²) in [5.41, 5.74) is -0.465. The molecular formula is C8H14O3S2. The summed E-state index contributed by atoms with van der Waals surface area (Å²) in [5, 5.41) is 0.133. The van der Waals surface area contributed by atoms with Crippen LogP contribution >= 0.6 is 12.2 Å². The Morgan fingerprint density at radius 2 is 2.15 bits per heavy atom. The van der Waals surface area contributed by atoms with Crippen molar-refractivity contribution in [1.29, 1.82) is 0 Å². The third kappa shape index (κ3) is 3.17. The highest BCUT2D eigenvalue weighted by Crippen LogP contribution is 2.30. The van der Waals surface area contributed by atoms with Crippen molar-refractivity contribution in [1.82, 2.24) is 0 Å². The maximum absolute atomic E-state index is 10.4. The molecule has 76 valence electrons. The van der Waals surface area contributed by atoms with Gasteiger partial charge in [0, 0.05) is 0 Å². The molecule has 0 saturated heterocycles. The summed E-state index contributed by atoms with van der Waals surface area (Å²) in [4.78, 5) is 0. The Bertz CT molecular complexity index is 221. The second kappa shape index (κ2) is 5.47. The van der Waals surface area contributed by atoms with Gasteiger partial charge in [-0.3, -0.25) is 4.55 Å². The highest BCUT2D eigenvalue weighted by atomic mass is 32.2. The average molecular weight is 222 g/mol. The number of rotatable bonds is 5. The third-order valence-corrected chi connectivity index (χ3v) is 3.11. The van der Waals surface area contributed by atoms with E-state index in [2.05, 4.69) is 10.8 Å². The first-order valence-electron chi connectivity index (χ1n) is 3.99. The molecule has 0 aliphatic rings. The Labute approximate surface area is 86.7 Å². The molecule has 0 amide bonds. The normalized spacial score (nSPS) is 13.5. The van der Waals surface area contributed by atoms with Crippen molar-refractivity contribution in [3.63, 3.8) is 0 Å². The van der Waals surface area contributed by atoms with Crippen LogP contribution in [0.1, 0.15) is 26.7 Å². The molecular weight excluding hydrogens is 208 g/mol. The van der Waals surface area contributed by atoms with Crippen LogP contribution < -0.4 is 0 Å². The Hall–Kier alpha value is -0.260. The number of hydrogen-bond donors (Lipinski definition) is 1. The highest BCUT2D eigenvalue weighted by Gasteiger charge is 2.30.